The zero-order valence-electron chi connectivity index (χ0n) is 14.7. The summed E-state index contributed by atoms with van der Waals surface area (Å²) >= 11 is 0. The molecule has 0 radical (unpaired) electrons. The Morgan fingerprint density at radius 1 is 1.17 bits per heavy atom. The van der Waals surface area contributed by atoms with Gasteiger partial charge in [0.15, 0.2) is 0 Å². The number of hydrogen-bond acceptors (Lipinski definition) is 3. The van der Waals surface area contributed by atoms with Crippen molar-refractivity contribution in [2.45, 2.75) is 40.8 Å². The first-order valence-electron chi connectivity index (χ1n) is 8.11. The van der Waals surface area contributed by atoms with E-state index in [1.54, 1.807) is 6.08 Å². The first kappa shape index (κ1) is 19.4. The Morgan fingerprint density at radius 2 is 1.87 bits per heavy atom. The third-order valence-corrected chi connectivity index (χ3v) is 3.04. The maximum atomic E-state index is 11.8. The summed E-state index contributed by atoms with van der Waals surface area (Å²) in [4.78, 5) is 11.8. The molecule has 0 fully saturated rings. The molecule has 1 amide bonds. The van der Waals surface area contributed by atoms with Crippen molar-refractivity contribution in [3.8, 4) is 0 Å². The standard InChI is InChI=1S/C19H29NO3/c1-5-22-11-12-23-15-17-8-6-7-16(13-17)14-20-18(21)9-10-19(2,3)4/h6-10,13H,5,11-12,14-15H2,1-4H3,(H,20,21). The molecular weight excluding hydrogens is 290 g/mol. The van der Waals surface area contributed by atoms with E-state index < -0.39 is 0 Å². The Hall–Kier alpha value is -1.65. The van der Waals surface area contributed by atoms with Crippen LogP contribution in [0.3, 0.4) is 0 Å². The summed E-state index contributed by atoms with van der Waals surface area (Å²) in [7, 11) is 0. The lowest BCUT2D eigenvalue weighted by atomic mass is 9.96. The molecule has 1 aromatic carbocycles. The molecular formula is C19H29NO3. The fourth-order valence-electron chi connectivity index (χ4n) is 1.86. The van der Waals surface area contributed by atoms with Gasteiger partial charge in [0.05, 0.1) is 19.8 Å². The Labute approximate surface area is 139 Å². The van der Waals surface area contributed by atoms with Gasteiger partial charge in [-0.15, -0.1) is 0 Å². The molecule has 0 unspecified atom stereocenters. The SMILES string of the molecule is CCOCCOCc1cccc(CNC(=O)C=CC(C)(C)C)c1. The average Bonchev–Trinajstić information content (AvgIpc) is 2.50. The van der Waals surface area contributed by atoms with Crippen molar-refractivity contribution in [2.75, 3.05) is 19.8 Å². The number of hydrogen-bond donors (Lipinski definition) is 1. The van der Waals surface area contributed by atoms with Crippen LogP contribution in [-0.4, -0.2) is 25.7 Å². The molecule has 0 aliphatic rings. The monoisotopic (exact) mass is 319 g/mol. The number of ether oxygens (including phenoxy) is 2. The van der Waals surface area contributed by atoms with Crippen LogP contribution in [0.5, 0.6) is 0 Å². The summed E-state index contributed by atoms with van der Waals surface area (Å²) in [6.45, 7) is 11.1. The Morgan fingerprint density at radius 3 is 2.57 bits per heavy atom. The summed E-state index contributed by atoms with van der Waals surface area (Å²) in [6, 6.07) is 8.05. The third kappa shape index (κ3) is 9.87. The fraction of sp³-hybridized carbons (Fsp3) is 0.526. The molecule has 1 N–H and O–H groups in total. The molecule has 0 aliphatic carbocycles. The van der Waals surface area contributed by atoms with Crippen LogP contribution in [0.4, 0.5) is 0 Å². The highest BCUT2D eigenvalue weighted by Gasteiger charge is 2.05. The number of amides is 1. The average molecular weight is 319 g/mol. The molecule has 0 saturated carbocycles. The Bertz CT molecular complexity index is 504. The molecule has 0 aromatic heterocycles. The molecule has 0 aliphatic heterocycles. The summed E-state index contributed by atoms with van der Waals surface area (Å²) in [6.07, 6.45) is 3.51. The molecule has 0 saturated heterocycles. The molecule has 0 heterocycles. The van der Waals surface area contributed by atoms with Crippen molar-refractivity contribution in [3.05, 3.63) is 47.5 Å². The number of allylic oxidation sites excluding steroid dienone is 1. The second-order valence-corrected chi connectivity index (χ2v) is 6.49. The Balaban J connectivity index is 2.39. The second kappa shape index (κ2) is 10.2. The van der Waals surface area contributed by atoms with Crippen molar-refractivity contribution < 1.29 is 14.3 Å². The molecule has 0 bridgehead atoms. The van der Waals surface area contributed by atoms with E-state index in [0.717, 1.165) is 11.1 Å². The minimum Gasteiger partial charge on any atom is -0.379 e. The van der Waals surface area contributed by atoms with Gasteiger partial charge in [-0.3, -0.25) is 4.79 Å². The fourth-order valence-corrected chi connectivity index (χ4v) is 1.86. The smallest absolute Gasteiger partial charge is 0.243 e. The highest BCUT2D eigenvalue weighted by atomic mass is 16.5. The Kier molecular flexibility index (Phi) is 8.59. The van der Waals surface area contributed by atoms with E-state index >= 15 is 0 Å². The van der Waals surface area contributed by atoms with E-state index in [9.17, 15) is 4.79 Å². The number of nitrogens with one attached hydrogen (secondary N) is 1. The van der Waals surface area contributed by atoms with Crippen molar-refractivity contribution in [1.82, 2.24) is 5.32 Å². The van der Waals surface area contributed by atoms with Gasteiger partial charge in [-0.2, -0.15) is 0 Å². The van der Waals surface area contributed by atoms with Crippen LogP contribution in [0.25, 0.3) is 0 Å². The maximum Gasteiger partial charge on any atom is 0.243 e. The summed E-state index contributed by atoms with van der Waals surface area (Å²) in [5, 5.41) is 2.90. The third-order valence-electron chi connectivity index (χ3n) is 3.04. The maximum absolute atomic E-state index is 11.8. The number of rotatable bonds is 9. The lowest BCUT2D eigenvalue weighted by Gasteiger charge is -2.11. The highest BCUT2D eigenvalue weighted by Crippen LogP contribution is 2.14. The van der Waals surface area contributed by atoms with Gasteiger partial charge in [0.2, 0.25) is 5.91 Å². The molecule has 4 nitrogen and oxygen atoms in total. The van der Waals surface area contributed by atoms with Gasteiger partial charge in [0.25, 0.3) is 0 Å². The van der Waals surface area contributed by atoms with Gasteiger partial charge in [-0.25, -0.2) is 0 Å². The first-order chi connectivity index (χ1) is 10.9. The molecule has 0 atom stereocenters. The van der Waals surface area contributed by atoms with Gasteiger partial charge in [0.1, 0.15) is 0 Å². The summed E-state index contributed by atoms with van der Waals surface area (Å²) < 4.78 is 10.8. The minimum atomic E-state index is -0.0710. The van der Waals surface area contributed by atoms with Gasteiger partial charge in [0, 0.05) is 13.2 Å². The lowest BCUT2D eigenvalue weighted by molar-refractivity contribution is -0.116. The van der Waals surface area contributed by atoms with Crippen LogP contribution in [0.2, 0.25) is 0 Å². The lowest BCUT2D eigenvalue weighted by Crippen LogP contribution is -2.21. The van der Waals surface area contributed by atoms with E-state index in [1.807, 2.05) is 31.2 Å². The second-order valence-electron chi connectivity index (χ2n) is 6.49. The normalized spacial score (nSPS) is 11.8. The number of carbonyl (C=O) groups is 1. The van der Waals surface area contributed by atoms with Crippen LogP contribution in [0.15, 0.2) is 36.4 Å². The van der Waals surface area contributed by atoms with E-state index in [-0.39, 0.29) is 11.3 Å². The molecule has 4 heteroatoms. The summed E-state index contributed by atoms with van der Waals surface area (Å²) in [5.41, 5.74) is 2.17. The highest BCUT2D eigenvalue weighted by molar-refractivity contribution is 5.87. The minimum absolute atomic E-state index is 0.0100. The van der Waals surface area contributed by atoms with E-state index in [4.69, 9.17) is 9.47 Å². The zero-order valence-corrected chi connectivity index (χ0v) is 14.7. The predicted molar refractivity (Wildman–Crippen MR) is 93.0 cm³/mol. The van der Waals surface area contributed by atoms with Crippen LogP contribution in [0.1, 0.15) is 38.8 Å². The van der Waals surface area contributed by atoms with Crippen molar-refractivity contribution in [3.63, 3.8) is 0 Å². The van der Waals surface area contributed by atoms with Crippen LogP contribution < -0.4 is 5.32 Å². The van der Waals surface area contributed by atoms with Gasteiger partial charge in [-0.1, -0.05) is 51.1 Å². The summed E-state index contributed by atoms with van der Waals surface area (Å²) in [5.74, 6) is -0.0710. The van der Waals surface area contributed by atoms with Gasteiger partial charge >= 0.3 is 0 Å². The topological polar surface area (TPSA) is 47.6 Å². The molecule has 1 aromatic rings. The van der Waals surface area contributed by atoms with Crippen LogP contribution >= 0.6 is 0 Å². The number of benzene rings is 1. The van der Waals surface area contributed by atoms with Crippen LogP contribution in [-0.2, 0) is 27.4 Å². The van der Waals surface area contributed by atoms with Gasteiger partial charge in [-0.05, 0) is 29.5 Å². The molecule has 23 heavy (non-hydrogen) atoms. The first-order valence-corrected chi connectivity index (χ1v) is 8.11. The van der Waals surface area contributed by atoms with Crippen molar-refractivity contribution in [2.24, 2.45) is 5.41 Å². The molecule has 128 valence electrons. The number of carbonyl (C=O) groups excluding carboxylic acids is 1. The largest absolute Gasteiger partial charge is 0.379 e. The molecule has 1 rings (SSSR count). The molecule has 0 spiro atoms. The van der Waals surface area contributed by atoms with Crippen LogP contribution in [0, 0.1) is 5.41 Å². The van der Waals surface area contributed by atoms with E-state index in [2.05, 4.69) is 32.2 Å². The predicted octanol–water partition coefficient (Wildman–Crippen LogP) is 3.46. The van der Waals surface area contributed by atoms with Crippen molar-refractivity contribution in [1.29, 1.82) is 0 Å². The van der Waals surface area contributed by atoms with E-state index in [0.29, 0.717) is 33.0 Å². The van der Waals surface area contributed by atoms with Crippen molar-refractivity contribution >= 4 is 5.91 Å². The van der Waals surface area contributed by atoms with E-state index in [1.165, 1.54) is 0 Å². The quantitative estimate of drug-likeness (QED) is 0.560. The van der Waals surface area contributed by atoms with Gasteiger partial charge < -0.3 is 14.8 Å². The zero-order chi connectivity index (χ0) is 17.1.